The van der Waals surface area contributed by atoms with E-state index >= 15 is 0 Å². The fraction of sp³-hybridized carbons (Fsp3) is 0. The zero-order valence-electron chi connectivity index (χ0n) is 6.40. The molecule has 0 aliphatic carbocycles. The maximum Gasteiger partial charge on any atom is 0.0420 e. The zero-order chi connectivity index (χ0) is 11.4. The van der Waals surface area contributed by atoms with Gasteiger partial charge in [-0.25, -0.2) is 0 Å². The molecule has 8 heteroatoms. The molecule has 1 rings (SSSR count). The third-order valence-corrected chi connectivity index (χ3v) is 1.26. The average Bonchev–Trinajstić information content (AvgIpc) is 1.79. The van der Waals surface area contributed by atoms with E-state index in [-0.39, 0.29) is 0 Å². The van der Waals surface area contributed by atoms with Gasteiger partial charge in [0, 0.05) is 10.0 Å². The van der Waals surface area contributed by atoms with E-state index in [9.17, 15) is 0 Å². The van der Waals surface area contributed by atoms with Crippen molar-refractivity contribution in [3.8, 4) is 0 Å². The Morgan fingerprint density at radius 3 is 1.21 bits per heavy atom. The van der Waals surface area contributed by atoms with Crippen LogP contribution in [-0.2, 0) is 0 Å². The van der Waals surface area contributed by atoms with Crippen LogP contribution in [0.2, 0.25) is 10.0 Å². The van der Waals surface area contributed by atoms with Gasteiger partial charge in [0.1, 0.15) is 0 Å². The summed E-state index contributed by atoms with van der Waals surface area (Å²) in [6.45, 7) is 0. The second-order valence-electron chi connectivity index (χ2n) is 2.08. The van der Waals surface area contributed by atoms with E-state index in [0.29, 0.717) is 10.0 Å². The Balaban J connectivity index is 0.000000255. The first-order valence-corrected chi connectivity index (χ1v) is 10.6. The van der Waals surface area contributed by atoms with Gasteiger partial charge in [-0.15, -0.1) is 0 Å². The summed E-state index contributed by atoms with van der Waals surface area (Å²) in [5.74, 6) is 0. The van der Waals surface area contributed by atoms with Crippen molar-refractivity contribution in [2.24, 2.45) is 0 Å². The van der Waals surface area contributed by atoms with Gasteiger partial charge in [0.05, 0.1) is 0 Å². The van der Waals surface area contributed by atoms with E-state index < -0.39 is 3.37 Å². The average molecular weight is 355 g/mol. The zero-order valence-corrected chi connectivity index (χ0v) is 12.6. The second kappa shape index (κ2) is 5.84. The third-order valence-electron chi connectivity index (χ3n) is 0.787. The molecule has 0 spiro atoms. The standard InChI is InChI=1S/C6H4Cl2.Cl5P/c7-5-2-1-3-6(8)4-5;1-6(2,3,4)5/h1-4H;. The van der Waals surface area contributed by atoms with Crippen LogP contribution in [0.3, 0.4) is 0 Å². The van der Waals surface area contributed by atoms with Gasteiger partial charge in [0.25, 0.3) is 0 Å². The van der Waals surface area contributed by atoms with Gasteiger partial charge in [-0.1, -0.05) is 29.3 Å². The van der Waals surface area contributed by atoms with Crippen LogP contribution in [0.25, 0.3) is 0 Å². The third kappa shape index (κ3) is 16.1. The van der Waals surface area contributed by atoms with Crippen molar-refractivity contribution in [3.05, 3.63) is 34.3 Å². The van der Waals surface area contributed by atoms with Crippen molar-refractivity contribution in [1.29, 1.82) is 0 Å². The van der Waals surface area contributed by atoms with Crippen LogP contribution < -0.4 is 0 Å². The Kier molecular flexibility index (Phi) is 6.55. The smallest absolute Gasteiger partial charge is 0.0420 e. The Bertz CT molecular complexity index is 268. The van der Waals surface area contributed by atoms with E-state index in [1.165, 1.54) is 0 Å². The summed E-state index contributed by atoms with van der Waals surface area (Å²) in [6, 6.07) is 7.08. The predicted molar refractivity (Wildman–Crippen MR) is 72.6 cm³/mol. The Morgan fingerprint density at radius 2 is 1.07 bits per heavy atom. The molecule has 0 fully saturated rings. The molecule has 0 heterocycles. The quantitative estimate of drug-likeness (QED) is 0.428. The van der Waals surface area contributed by atoms with Crippen molar-refractivity contribution in [1.82, 2.24) is 0 Å². The summed E-state index contributed by atoms with van der Waals surface area (Å²) in [5.41, 5.74) is 0. The topological polar surface area (TPSA) is 0 Å². The first-order chi connectivity index (χ1) is 6.02. The minimum Gasteiger partial charge on any atom is -0.0843 e. The molecule has 0 radical (unpaired) electrons. The van der Waals surface area contributed by atoms with Crippen LogP contribution in [0, 0.1) is 0 Å². The summed E-state index contributed by atoms with van der Waals surface area (Å²) < 4.78 is -3.69. The largest absolute Gasteiger partial charge is 0.0843 e. The monoisotopic (exact) mass is 352 g/mol. The van der Waals surface area contributed by atoms with Gasteiger partial charge >= 0.3 is 59.6 Å². The van der Waals surface area contributed by atoms with Crippen molar-refractivity contribution in [3.63, 3.8) is 0 Å². The molecule has 0 bridgehead atoms. The van der Waals surface area contributed by atoms with Gasteiger partial charge in [-0.2, -0.15) is 0 Å². The molecule has 14 heavy (non-hydrogen) atoms. The summed E-state index contributed by atoms with van der Waals surface area (Å²) in [6.07, 6.45) is 0. The van der Waals surface area contributed by atoms with Gasteiger partial charge in [-0.05, 0) is 18.2 Å². The van der Waals surface area contributed by atoms with Crippen LogP contribution >= 0.6 is 82.8 Å². The van der Waals surface area contributed by atoms with Gasteiger partial charge in [0.15, 0.2) is 0 Å². The fourth-order valence-corrected chi connectivity index (χ4v) is 0.896. The Labute approximate surface area is 116 Å². The summed E-state index contributed by atoms with van der Waals surface area (Å²) >= 11 is 36.0. The SMILES string of the molecule is ClP(Cl)(Cl)(Cl)Cl.Clc1cccc(Cl)c1. The number of hydrogen-bond donors (Lipinski definition) is 0. The predicted octanol–water partition coefficient (Wildman–Crippen LogP) is 7.30. The van der Waals surface area contributed by atoms with E-state index in [2.05, 4.69) is 0 Å². The van der Waals surface area contributed by atoms with Crippen LogP contribution in [-0.4, -0.2) is 0 Å². The number of halogens is 7. The minimum absolute atomic E-state index is 0.678. The van der Waals surface area contributed by atoms with Crippen molar-refractivity contribution in [2.75, 3.05) is 0 Å². The maximum absolute atomic E-state index is 5.56. The van der Waals surface area contributed by atoms with Gasteiger partial charge in [0.2, 0.25) is 0 Å². The first kappa shape index (κ1) is 15.7. The van der Waals surface area contributed by atoms with Crippen molar-refractivity contribution in [2.45, 2.75) is 0 Å². The molecule has 0 aliphatic rings. The fourth-order valence-electron chi connectivity index (χ4n) is 0.460. The van der Waals surface area contributed by atoms with Crippen molar-refractivity contribution < 1.29 is 0 Å². The second-order valence-corrected chi connectivity index (χ2v) is 19.6. The molecule has 1 aromatic rings. The van der Waals surface area contributed by atoms with Crippen LogP contribution in [0.5, 0.6) is 0 Å². The number of benzene rings is 1. The summed E-state index contributed by atoms with van der Waals surface area (Å²) in [7, 11) is 0. The van der Waals surface area contributed by atoms with Crippen LogP contribution in [0.4, 0.5) is 0 Å². The molecule has 0 aliphatic heterocycles. The Hall–Kier alpha value is 1.68. The maximum atomic E-state index is 5.56. The molecule has 0 nitrogen and oxygen atoms in total. The Morgan fingerprint density at radius 1 is 0.786 bits per heavy atom. The number of hydrogen-bond acceptors (Lipinski definition) is 0. The molecule has 82 valence electrons. The normalized spacial score (nSPS) is 13.5. The molecule has 0 aromatic heterocycles. The van der Waals surface area contributed by atoms with E-state index in [0.717, 1.165) is 0 Å². The molecule has 0 saturated heterocycles. The minimum atomic E-state index is -3.69. The van der Waals surface area contributed by atoms with Crippen molar-refractivity contribution >= 4 is 82.8 Å². The van der Waals surface area contributed by atoms with Crippen LogP contribution in [0.15, 0.2) is 24.3 Å². The molecular weight excluding hydrogens is 351 g/mol. The van der Waals surface area contributed by atoms with Crippen LogP contribution in [0.1, 0.15) is 0 Å². The molecule has 0 saturated carbocycles. The molecule has 0 atom stereocenters. The summed E-state index contributed by atoms with van der Waals surface area (Å²) in [5, 5.41) is 1.36. The van der Waals surface area contributed by atoms with E-state index in [1.807, 2.05) is 6.07 Å². The van der Waals surface area contributed by atoms with Gasteiger partial charge in [-0.3, -0.25) is 0 Å². The van der Waals surface area contributed by atoms with E-state index in [1.54, 1.807) is 18.2 Å². The molecule has 0 amide bonds. The molecule has 0 unspecified atom stereocenters. The molecule has 1 aromatic carbocycles. The van der Waals surface area contributed by atoms with E-state index in [4.69, 9.17) is 79.4 Å². The molecular formula is C6H4Cl7P. The molecule has 0 N–H and O–H groups in total. The summed E-state index contributed by atoms with van der Waals surface area (Å²) in [4.78, 5) is 0. The number of rotatable bonds is 0. The van der Waals surface area contributed by atoms with Gasteiger partial charge < -0.3 is 0 Å². The first-order valence-electron chi connectivity index (χ1n) is 3.04.